The number of nitrogens with zero attached hydrogens (tertiary/aromatic N) is 2. The summed E-state index contributed by atoms with van der Waals surface area (Å²) in [5.74, 6) is 0.995. The van der Waals surface area contributed by atoms with Crippen LogP contribution in [0, 0.1) is 0 Å². The number of hydrogen-bond acceptors (Lipinski definition) is 3. The number of aryl methyl sites for hydroxylation is 2. The highest BCUT2D eigenvalue weighted by Crippen LogP contribution is 2.20. The van der Waals surface area contributed by atoms with Crippen molar-refractivity contribution >= 4 is 28.4 Å². The van der Waals surface area contributed by atoms with Crippen LogP contribution in [0.4, 0.5) is 16.3 Å². The number of aromatic nitrogens is 2. The van der Waals surface area contributed by atoms with Crippen molar-refractivity contribution in [2.45, 2.75) is 19.3 Å². The molecule has 2 aromatic heterocycles. The monoisotopic (exact) mass is 349 g/mol. The number of carbonyl (C=O) groups is 1. The molecule has 1 aliphatic heterocycles. The smallest absolute Gasteiger partial charge is 0.319 e. The maximum atomic E-state index is 12.1. The highest BCUT2D eigenvalue weighted by atomic mass is 16.2. The predicted molar refractivity (Wildman–Crippen MR) is 105 cm³/mol. The zero-order valence-electron chi connectivity index (χ0n) is 14.9. The molecule has 0 unspecified atom stereocenters. The minimum absolute atomic E-state index is 0.198. The predicted octanol–water partition coefficient (Wildman–Crippen LogP) is 3.30. The molecule has 1 aromatic carbocycles. The number of benzene rings is 1. The first-order valence-electron chi connectivity index (χ1n) is 9.02. The maximum absolute atomic E-state index is 12.1. The van der Waals surface area contributed by atoms with E-state index in [1.807, 2.05) is 37.5 Å². The molecule has 6 heteroatoms. The van der Waals surface area contributed by atoms with Crippen molar-refractivity contribution in [2.24, 2.45) is 7.05 Å². The summed E-state index contributed by atoms with van der Waals surface area (Å²) >= 11 is 0. The number of rotatable bonds is 4. The molecule has 134 valence electrons. The summed E-state index contributed by atoms with van der Waals surface area (Å²) in [5.41, 5.74) is 4.20. The lowest BCUT2D eigenvalue weighted by Gasteiger charge is -2.17. The molecule has 4 rings (SSSR count). The van der Waals surface area contributed by atoms with Gasteiger partial charge in [-0.3, -0.25) is 0 Å². The third-order valence-corrected chi connectivity index (χ3v) is 4.76. The Labute approximate surface area is 152 Å². The van der Waals surface area contributed by atoms with E-state index in [2.05, 4.69) is 37.6 Å². The minimum Gasteiger partial charge on any atom is -0.370 e. The third-order valence-electron chi connectivity index (χ3n) is 4.76. The lowest BCUT2D eigenvalue weighted by Crippen LogP contribution is -2.30. The van der Waals surface area contributed by atoms with Gasteiger partial charge in [0.25, 0.3) is 0 Å². The second-order valence-electron chi connectivity index (χ2n) is 6.67. The Morgan fingerprint density at radius 2 is 2.19 bits per heavy atom. The average Bonchev–Trinajstić information content (AvgIpc) is 3.02. The molecule has 0 bridgehead atoms. The van der Waals surface area contributed by atoms with Crippen LogP contribution in [-0.2, 0) is 19.9 Å². The molecular weight excluding hydrogens is 326 g/mol. The van der Waals surface area contributed by atoms with Crippen molar-refractivity contribution in [3.63, 3.8) is 0 Å². The lowest BCUT2D eigenvalue weighted by molar-refractivity contribution is 0.252. The van der Waals surface area contributed by atoms with Gasteiger partial charge in [0.15, 0.2) is 0 Å². The van der Waals surface area contributed by atoms with E-state index in [1.165, 1.54) is 5.56 Å². The fraction of sp³-hybridized carbons (Fsp3) is 0.300. The molecule has 3 heterocycles. The molecule has 26 heavy (non-hydrogen) atoms. The molecule has 1 aliphatic rings. The van der Waals surface area contributed by atoms with E-state index >= 15 is 0 Å². The van der Waals surface area contributed by atoms with E-state index in [9.17, 15) is 4.79 Å². The van der Waals surface area contributed by atoms with Crippen LogP contribution in [0.5, 0.6) is 0 Å². The largest absolute Gasteiger partial charge is 0.370 e. The number of anilines is 2. The molecule has 0 fully saturated rings. The normalized spacial score (nSPS) is 13.1. The molecule has 3 N–H and O–H groups in total. The number of hydrogen-bond donors (Lipinski definition) is 3. The first-order valence-corrected chi connectivity index (χ1v) is 9.02. The summed E-state index contributed by atoms with van der Waals surface area (Å²) in [6, 6.07) is 11.9. The Morgan fingerprint density at radius 3 is 3.12 bits per heavy atom. The van der Waals surface area contributed by atoms with Gasteiger partial charge in [-0.2, -0.15) is 0 Å². The maximum Gasteiger partial charge on any atom is 0.319 e. The molecule has 3 aromatic rings. The number of carbonyl (C=O) groups excluding carboxylic acids is 1. The van der Waals surface area contributed by atoms with Crippen molar-refractivity contribution < 1.29 is 4.79 Å². The Morgan fingerprint density at radius 1 is 1.27 bits per heavy atom. The van der Waals surface area contributed by atoms with Gasteiger partial charge in [0.2, 0.25) is 0 Å². The van der Waals surface area contributed by atoms with E-state index in [-0.39, 0.29) is 6.03 Å². The van der Waals surface area contributed by atoms with Crippen LogP contribution in [0.1, 0.15) is 17.7 Å². The topological polar surface area (TPSA) is 71.0 Å². The SMILES string of the molecule is Cn1ccc2cc(NC(=O)NCCc3ccc4c(n3)NCCC4)ccc21. The fourth-order valence-electron chi connectivity index (χ4n) is 3.35. The molecule has 0 radical (unpaired) electrons. The summed E-state index contributed by atoms with van der Waals surface area (Å²) < 4.78 is 2.06. The van der Waals surface area contributed by atoms with Crippen molar-refractivity contribution in [1.29, 1.82) is 0 Å². The van der Waals surface area contributed by atoms with Crippen LogP contribution < -0.4 is 16.0 Å². The van der Waals surface area contributed by atoms with Crippen LogP contribution in [0.3, 0.4) is 0 Å². The van der Waals surface area contributed by atoms with Gasteiger partial charge < -0.3 is 20.5 Å². The number of amides is 2. The number of nitrogens with one attached hydrogen (secondary N) is 3. The standard InChI is InChI=1S/C20H23N5O/c1-25-12-9-15-13-17(6-7-18(15)25)24-20(26)22-11-8-16-5-4-14-3-2-10-21-19(14)23-16/h4-7,9,12-13H,2-3,8,10-11H2,1H3,(H,21,23)(H2,22,24,26). The van der Waals surface area contributed by atoms with Crippen molar-refractivity contribution in [3.8, 4) is 0 Å². The van der Waals surface area contributed by atoms with E-state index < -0.39 is 0 Å². The Balaban J connectivity index is 1.30. The quantitative estimate of drug-likeness (QED) is 0.677. The van der Waals surface area contributed by atoms with Gasteiger partial charge in [-0.25, -0.2) is 9.78 Å². The Hall–Kier alpha value is -3.02. The zero-order valence-corrected chi connectivity index (χ0v) is 14.9. The second kappa shape index (κ2) is 7.07. The second-order valence-corrected chi connectivity index (χ2v) is 6.67. The number of urea groups is 1. The van der Waals surface area contributed by atoms with E-state index in [0.717, 1.165) is 47.5 Å². The van der Waals surface area contributed by atoms with Crippen LogP contribution in [0.25, 0.3) is 10.9 Å². The summed E-state index contributed by atoms with van der Waals surface area (Å²) in [6.07, 6.45) is 4.96. The van der Waals surface area contributed by atoms with Gasteiger partial charge in [0, 0.05) is 55.0 Å². The van der Waals surface area contributed by atoms with Crippen LogP contribution in [0.15, 0.2) is 42.6 Å². The van der Waals surface area contributed by atoms with Gasteiger partial charge in [0.1, 0.15) is 5.82 Å². The number of pyridine rings is 1. The molecule has 0 saturated heterocycles. The van der Waals surface area contributed by atoms with E-state index in [1.54, 1.807) is 0 Å². The van der Waals surface area contributed by atoms with Gasteiger partial charge >= 0.3 is 6.03 Å². The third kappa shape index (κ3) is 3.49. The summed E-state index contributed by atoms with van der Waals surface area (Å²) in [7, 11) is 2.01. The molecule has 0 spiro atoms. The zero-order chi connectivity index (χ0) is 17.9. The molecule has 2 amide bonds. The van der Waals surface area contributed by atoms with E-state index in [0.29, 0.717) is 13.0 Å². The summed E-state index contributed by atoms with van der Waals surface area (Å²) in [4.78, 5) is 16.8. The van der Waals surface area contributed by atoms with Gasteiger partial charge in [-0.05, 0) is 48.7 Å². The first-order chi connectivity index (χ1) is 12.7. The summed E-state index contributed by atoms with van der Waals surface area (Å²) in [6.45, 7) is 1.53. The molecule has 0 atom stereocenters. The average molecular weight is 349 g/mol. The van der Waals surface area contributed by atoms with Gasteiger partial charge in [-0.1, -0.05) is 6.07 Å². The highest BCUT2D eigenvalue weighted by molar-refractivity contribution is 5.92. The van der Waals surface area contributed by atoms with E-state index in [4.69, 9.17) is 0 Å². The van der Waals surface area contributed by atoms with Crippen LogP contribution in [-0.4, -0.2) is 28.7 Å². The molecule has 6 nitrogen and oxygen atoms in total. The lowest BCUT2D eigenvalue weighted by atomic mass is 10.1. The van der Waals surface area contributed by atoms with Crippen molar-refractivity contribution in [2.75, 3.05) is 23.7 Å². The molecule has 0 aliphatic carbocycles. The Kier molecular flexibility index (Phi) is 4.48. The first kappa shape index (κ1) is 16.4. The minimum atomic E-state index is -0.198. The number of fused-ring (bicyclic) bond motifs is 2. The van der Waals surface area contributed by atoms with Gasteiger partial charge in [-0.15, -0.1) is 0 Å². The van der Waals surface area contributed by atoms with Crippen LogP contribution >= 0.6 is 0 Å². The van der Waals surface area contributed by atoms with Gasteiger partial charge in [0.05, 0.1) is 0 Å². The highest BCUT2D eigenvalue weighted by Gasteiger charge is 2.10. The molecule has 0 saturated carbocycles. The van der Waals surface area contributed by atoms with Crippen molar-refractivity contribution in [3.05, 3.63) is 53.9 Å². The molecular formula is C20H23N5O. The fourth-order valence-corrected chi connectivity index (χ4v) is 3.35. The van der Waals surface area contributed by atoms with Crippen LogP contribution in [0.2, 0.25) is 0 Å². The van der Waals surface area contributed by atoms with Crippen molar-refractivity contribution in [1.82, 2.24) is 14.9 Å². The Bertz CT molecular complexity index is 947. The summed E-state index contributed by atoms with van der Waals surface area (Å²) in [5, 5.41) is 10.2.